The molecule has 0 aliphatic carbocycles. The minimum Gasteiger partial charge on any atom is -0.481 e. The Balaban J connectivity index is 2.53. The van der Waals surface area contributed by atoms with Gasteiger partial charge in [-0.1, -0.05) is 15.9 Å². The minimum atomic E-state index is -1.14. The van der Waals surface area contributed by atoms with Gasteiger partial charge in [-0.2, -0.15) is 0 Å². The molecule has 0 aliphatic heterocycles. The van der Waals surface area contributed by atoms with E-state index in [0.717, 1.165) is 15.4 Å². The standard InChI is InChI=1S/C12H10BrNO4/c13-6-1-2-10-7(3-6)9(5-14-10)8(12(17)18)4-11(15)16/h1-3,5,8,14H,4H2,(H,15,16)(H,17,18). The highest BCUT2D eigenvalue weighted by Crippen LogP contribution is 2.30. The van der Waals surface area contributed by atoms with Crippen molar-refractivity contribution in [3.8, 4) is 0 Å². The second kappa shape index (κ2) is 4.81. The smallest absolute Gasteiger partial charge is 0.311 e. The number of H-pyrrole nitrogens is 1. The summed E-state index contributed by atoms with van der Waals surface area (Å²) in [5.74, 6) is -3.32. The third-order valence-electron chi connectivity index (χ3n) is 2.73. The number of fused-ring (bicyclic) bond motifs is 1. The van der Waals surface area contributed by atoms with Gasteiger partial charge in [0.25, 0.3) is 0 Å². The largest absolute Gasteiger partial charge is 0.481 e. The lowest BCUT2D eigenvalue weighted by molar-refractivity contribution is -0.145. The number of halogens is 1. The van der Waals surface area contributed by atoms with Crippen LogP contribution in [-0.2, 0) is 9.59 Å². The lowest BCUT2D eigenvalue weighted by Gasteiger charge is -2.08. The van der Waals surface area contributed by atoms with Crippen LogP contribution in [0, 0.1) is 0 Å². The molecule has 0 aliphatic rings. The van der Waals surface area contributed by atoms with Crippen molar-refractivity contribution in [1.29, 1.82) is 0 Å². The molecule has 1 aromatic carbocycles. The van der Waals surface area contributed by atoms with Crippen LogP contribution in [0.25, 0.3) is 10.9 Å². The molecule has 2 rings (SSSR count). The zero-order valence-corrected chi connectivity index (χ0v) is 10.8. The Labute approximate surface area is 111 Å². The summed E-state index contributed by atoms with van der Waals surface area (Å²) in [5, 5.41) is 18.6. The lowest BCUT2D eigenvalue weighted by atomic mass is 9.95. The van der Waals surface area contributed by atoms with Gasteiger partial charge in [0.05, 0.1) is 12.3 Å². The van der Waals surface area contributed by atoms with E-state index in [1.807, 2.05) is 12.1 Å². The molecule has 1 unspecified atom stereocenters. The first-order chi connectivity index (χ1) is 8.49. The van der Waals surface area contributed by atoms with Crippen LogP contribution in [0.3, 0.4) is 0 Å². The summed E-state index contributed by atoms with van der Waals surface area (Å²) in [6.07, 6.45) is 1.12. The summed E-state index contributed by atoms with van der Waals surface area (Å²) in [5.41, 5.74) is 1.27. The maximum Gasteiger partial charge on any atom is 0.311 e. The summed E-state index contributed by atoms with van der Waals surface area (Å²) < 4.78 is 0.815. The highest BCUT2D eigenvalue weighted by atomic mass is 79.9. The van der Waals surface area contributed by atoms with Gasteiger partial charge in [0.2, 0.25) is 0 Å². The van der Waals surface area contributed by atoms with Crippen molar-refractivity contribution in [2.24, 2.45) is 0 Å². The maximum absolute atomic E-state index is 11.2. The number of carbonyl (C=O) groups is 2. The van der Waals surface area contributed by atoms with E-state index in [-0.39, 0.29) is 0 Å². The summed E-state index contributed by atoms with van der Waals surface area (Å²) in [7, 11) is 0. The van der Waals surface area contributed by atoms with Crippen LogP contribution in [0.4, 0.5) is 0 Å². The molecule has 2 aromatic rings. The second-order valence-electron chi connectivity index (χ2n) is 3.92. The van der Waals surface area contributed by atoms with Gasteiger partial charge in [-0.05, 0) is 23.8 Å². The van der Waals surface area contributed by atoms with Crippen LogP contribution >= 0.6 is 15.9 Å². The minimum absolute atomic E-state index is 0.436. The number of aromatic amines is 1. The summed E-state index contributed by atoms with van der Waals surface area (Å²) in [6.45, 7) is 0. The van der Waals surface area contributed by atoms with Crippen molar-refractivity contribution in [2.75, 3.05) is 0 Å². The molecule has 94 valence electrons. The van der Waals surface area contributed by atoms with Crippen molar-refractivity contribution in [1.82, 2.24) is 4.98 Å². The normalized spacial score (nSPS) is 12.5. The van der Waals surface area contributed by atoms with Crippen molar-refractivity contribution < 1.29 is 19.8 Å². The Morgan fingerprint density at radius 2 is 2.06 bits per heavy atom. The molecule has 5 nitrogen and oxygen atoms in total. The van der Waals surface area contributed by atoms with E-state index < -0.39 is 24.3 Å². The van der Waals surface area contributed by atoms with Crippen LogP contribution in [0.1, 0.15) is 17.9 Å². The molecule has 0 radical (unpaired) electrons. The van der Waals surface area contributed by atoms with Crippen LogP contribution < -0.4 is 0 Å². The van der Waals surface area contributed by atoms with Gasteiger partial charge >= 0.3 is 11.9 Å². The average Bonchev–Trinajstić information content (AvgIpc) is 2.68. The lowest BCUT2D eigenvalue weighted by Crippen LogP contribution is -2.15. The zero-order chi connectivity index (χ0) is 13.3. The van der Waals surface area contributed by atoms with E-state index in [0.29, 0.717) is 5.56 Å². The fraction of sp³-hybridized carbons (Fsp3) is 0.167. The van der Waals surface area contributed by atoms with Crippen molar-refractivity contribution in [3.63, 3.8) is 0 Å². The Bertz CT molecular complexity index is 620. The third kappa shape index (κ3) is 2.38. The summed E-state index contributed by atoms with van der Waals surface area (Å²) in [4.78, 5) is 24.8. The van der Waals surface area contributed by atoms with Gasteiger partial charge in [-0.25, -0.2) is 0 Å². The molecular weight excluding hydrogens is 302 g/mol. The molecule has 0 amide bonds. The molecule has 0 saturated heterocycles. The molecule has 1 aromatic heterocycles. The fourth-order valence-electron chi connectivity index (χ4n) is 1.91. The van der Waals surface area contributed by atoms with Crippen LogP contribution in [0.5, 0.6) is 0 Å². The van der Waals surface area contributed by atoms with Gasteiger partial charge in [-0.15, -0.1) is 0 Å². The maximum atomic E-state index is 11.2. The number of benzene rings is 1. The first-order valence-electron chi connectivity index (χ1n) is 5.20. The Morgan fingerprint density at radius 3 is 2.67 bits per heavy atom. The number of rotatable bonds is 4. The van der Waals surface area contributed by atoms with E-state index in [1.54, 1.807) is 12.3 Å². The molecular formula is C12H10BrNO4. The molecule has 1 heterocycles. The monoisotopic (exact) mass is 311 g/mol. The molecule has 3 N–H and O–H groups in total. The number of hydrogen-bond donors (Lipinski definition) is 3. The van der Waals surface area contributed by atoms with Gasteiger partial charge in [0.1, 0.15) is 0 Å². The van der Waals surface area contributed by atoms with Gasteiger partial charge < -0.3 is 15.2 Å². The topological polar surface area (TPSA) is 90.4 Å². The number of hydrogen-bond acceptors (Lipinski definition) is 2. The van der Waals surface area contributed by atoms with Crippen LogP contribution in [0.15, 0.2) is 28.9 Å². The van der Waals surface area contributed by atoms with Gasteiger partial charge in [0.15, 0.2) is 0 Å². The second-order valence-corrected chi connectivity index (χ2v) is 4.84. The van der Waals surface area contributed by atoms with E-state index in [1.165, 1.54) is 0 Å². The number of aromatic nitrogens is 1. The summed E-state index contributed by atoms with van der Waals surface area (Å²) in [6, 6.07) is 5.41. The van der Waals surface area contributed by atoms with Gasteiger partial charge in [-0.3, -0.25) is 9.59 Å². The van der Waals surface area contributed by atoms with E-state index >= 15 is 0 Å². The number of carboxylic acid groups (broad SMARTS) is 2. The molecule has 1 atom stereocenters. The predicted octanol–water partition coefficient (Wildman–Crippen LogP) is 2.57. The fourth-order valence-corrected chi connectivity index (χ4v) is 2.27. The Hall–Kier alpha value is -1.82. The van der Waals surface area contributed by atoms with Crippen LogP contribution in [-0.4, -0.2) is 27.1 Å². The first kappa shape index (κ1) is 12.6. The molecule has 0 fully saturated rings. The quantitative estimate of drug-likeness (QED) is 0.809. The highest BCUT2D eigenvalue weighted by molar-refractivity contribution is 9.10. The Morgan fingerprint density at radius 1 is 1.33 bits per heavy atom. The average molecular weight is 312 g/mol. The number of nitrogens with one attached hydrogen (secondary N) is 1. The predicted molar refractivity (Wildman–Crippen MR) is 68.6 cm³/mol. The van der Waals surface area contributed by atoms with E-state index in [4.69, 9.17) is 10.2 Å². The molecule has 18 heavy (non-hydrogen) atoms. The molecule has 6 heteroatoms. The third-order valence-corrected chi connectivity index (χ3v) is 3.22. The summed E-state index contributed by atoms with van der Waals surface area (Å²) >= 11 is 3.31. The number of carboxylic acids is 2. The van der Waals surface area contributed by atoms with Crippen molar-refractivity contribution in [2.45, 2.75) is 12.3 Å². The first-order valence-corrected chi connectivity index (χ1v) is 5.99. The SMILES string of the molecule is O=C(O)CC(C(=O)O)c1c[nH]c2ccc(Br)cc12. The molecule has 0 bridgehead atoms. The van der Waals surface area contributed by atoms with Crippen molar-refractivity contribution >= 4 is 38.8 Å². The highest BCUT2D eigenvalue weighted by Gasteiger charge is 2.25. The zero-order valence-electron chi connectivity index (χ0n) is 9.18. The van der Waals surface area contributed by atoms with E-state index in [9.17, 15) is 9.59 Å². The van der Waals surface area contributed by atoms with Gasteiger partial charge in [0, 0.05) is 21.6 Å². The molecule has 0 spiro atoms. The Kier molecular flexibility index (Phi) is 3.38. The van der Waals surface area contributed by atoms with Crippen LogP contribution in [0.2, 0.25) is 0 Å². The molecule has 0 saturated carbocycles. The van der Waals surface area contributed by atoms with Crippen molar-refractivity contribution in [3.05, 3.63) is 34.4 Å². The van der Waals surface area contributed by atoms with E-state index in [2.05, 4.69) is 20.9 Å². The number of aliphatic carboxylic acids is 2.